The maximum atomic E-state index is 12.5. The van der Waals surface area contributed by atoms with Crippen LogP contribution in [0.15, 0.2) is 29.2 Å². The molecule has 6 nitrogen and oxygen atoms in total. The van der Waals surface area contributed by atoms with E-state index in [4.69, 9.17) is 0 Å². The molecule has 1 aliphatic rings. The van der Waals surface area contributed by atoms with Crippen LogP contribution in [-0.2, 0) is 28.8 Å². The van der Waals surface area contributed by atoms with Crippen LogP contribution in [0.5, 0.6) is 0 Å². The van der Waals surface area contributed by atoms with Gasteiger partial charge in [-0.3, -0.25) is 14.9 Å². The lowest BCUT2D eigenvalue weighted by atomic mass is 10.1. The quantitative estimate of drug-likeness (QED) is 0.744. The third-order valence-electron chi connectivity index (χ3n) is 4.33. The second-order valence-electron chi connectivity index (χ2n) is 6.08. The summed E-state index contributed by atoms with van der Waals surface area (Å²) in [5.41, 5.74) is 2.19. The van der Waals surface area contributed by atoms with E-state index in [1.807, 2.05) is 30.5 Å². The van der Waals surface area contributed by atoms with Crippen LogP contribution in [-0.4, -0.2) is 31.3 Å². The first kappa shape index (κ1) is 19.4. The Morgan fingerprint density at radius 3 is 2.59 bits per heavy atom. The van der Waals surface area contributed by atoms with E-state index in [2.05, 4.69) is 15.4 Å². The van der Waals surface area contributed by atoms with Crippen molar-refractivity contribution < 1.29 is 19.1 Å². The van der Waals surface area contributed by atoms with Gasteiger partial charge in [-0.25, -0.2) is 4.79 Å². The number of imide groups is 1. The molecule has 3 amide bonds. The zero-order valence-corrected chi connectivity index (χ0v) is 16.7. The number of alkyl carbamates (subject to hydrolysis) is 1. The molecule has 27 heavy (non-hydrogen) atoms. The van der Waals surface area contributed by atoms with Crippen LogP contribution in [0.2, 0.25) is 0 Å². The average molecular weight is 405 g/mol. The van der Waals surface area contributed by atoms with Gasteiger partial charge < -0.3 is 10.1 Å². The lowest BCUT2D eigenvalue weighted by Crippen LogP contribution is -2.31. The van der Waals surface area contributed by atoms with Crippen molar-refractivity contribution in [2.45, 2.75) is 30.6 Å². The molecule has 3 rings (SSSR count). The third-order valence-corrected chi connectivity index (χ3v) is 6.28. The fraction of sp³-hybridized carbons (Fsp3) is 0.316. The maximum Gasteiger partial charge on any atom is 0.413 e. The normalized spacial score (nSPS) is 12.4. The summed E-state index contributed by atoms with van der Waals surface area (Å²) in [4.78, 5) is 38.6. The van der Waals surface area contributed by atoms with E-state index in [9.17, 15) is 14.4 Å². The fourth-order valence-electron chi connectivity index (χ4n) is 3.04. The van der Waals surface area contributed by atoms with Crippen LogP contribution in [0.4, 0.5) is 9.80 Å². The van der Waals surface area contributed by atoms with Crippen LogP contribution in [0.25, 0.3) is 0 Å². The SMILES string of the molecule is COC(=O)NC(=O)c1c(NC(=O)Cc2ccc(SC)cc2)sc2c1CCC2. The second-order valence-corrected chi connectivity index (χ2v) is 8.07. The molecule has 0 spiro atoms. The van der Waals surface area contributed by atoms with Crippen LogP contribution in [0, 0.1) is 0 Å². The summed E-state index contributed by atoms with van der Waals surface area (Å²) in [5.74, 6) is -0.736. The van der Waals surface area contributed by atoms with Crippen molar-refractivity contribution >= 4 is 46.0 Å². The molecule has 1 aromatic heterocycles. The number of hydrogen-bond acceptors (Lipinski definition) is 6. The number of nitrogens with one attached hydrogen (secondary N) is 2. The Kier molecular flexibility index (Phi) is 6.18. The smallest absolute Gasteiger partial charge is 0.413 e. The Morgan fingerprint density at radius 1 is 1.19 bits per heavy atom. The largest absolute Gasteiger partial charge is 0.453 e. The van der Waals surface area contributed by atoms with Gasteiger partial charge in [0.15, 0.2) is 0 Å². The molecule has 0 radical (unpaired) electrons. The van der Waals surface area contributed by atoms with Gasteiger partial charge in [0.1, 0.15) is 5.00 Å². The van der Waals surface area contributed by atoms with Crippen molar-refractivity contribution in [3.05, 3.63) is 45.8 Å². The molecule has 1 aliphatic carbocycles. The van der Waals surface area contributed by atoms with Crippen LogP contribution >= 0.6 is 23.1 Å². The summed E-state index contributed by atoms with van der Waals surface area (Å²) < 4.78 is 4.50. The van der Waals surface area contributed by atoms with E-state index >= 15 is 0 Å². The molecule has 0 saturated carbocycles. The molecule has 0 bridgehead atoms. The topological polar surface area (TPSA) is 84.5 Å². The number of amides is 3. The number of anilines is 1. The van der Waals surface area contributed by atoms with Crippen LogP contribution < -0.4 is 10.6 Å². The molecule has 1 heterocycles. The molecule has 1 aromatic carbocycles. The first-order chi connectivity index (χ1) is 13.0. The number of fused-ring (bicyclic) bond motifs is 1. The van der Waals surface area contributed by atoms with Crippen molar-refractivity contribution in [1.82, 2.24) is 5.32 Å². The zero-order chi connectivity index (χ0) is 19.4. The third kappa shape index (κ3) is 4.51. The molecule has 8 heteroatoms. The highest BCUT2D eigenvalue weighted by atomic mass is 32.2. The number of hydrogen-bond donors (Lipinski definition) is 2. The molecular formula is C19H20N2O4S2. The van der Waals surface area contributed by atoms with Gasteiger partial charge in [0.25, 0.3) is 5.91 Å². The zero-order valence-electron chi connectivity index (χ0n) is 15.1. The number of carbonyl (C=O) groups is 3. The average Bonchev–Trinajstić information content (AvgIpc) is 3.22. The summed E-state index contributed by atoms with van der Waals surface area (Å²) in [6.07, 6.45) is 4.01. The molecule has 142 valence electrons. The monoisotopic (exact) mass is 404 g/mol. The predicted molar refractivity (Wildman–Crippen MR) is 107 cm³/mol. The minimum Gasteiger partial charge on any atom is -0.453 e. The summed E-state index contributed by atoms with van der Waals surface area (Å²) in [7, 11) is 1.20. The predicted octanol–water partition coefficient (Wildman–Crippen LogP) is 3.64. The number of thioether (sulfide) groups is 1. The van der Waals surface area contributed by atoms with Gasteiger partial charge in [-0.15, -0.1) is 23.1 Å². The molecule has 0 unspecified atom stereocenters. The van der Waals surface area contributed by atoms with E-state index in [-0.39, 0.29) is 12.3 Å². The van der Waals surface area contributed by atoms with Gasteiger partial charge in [0.05, 0.1) is 19.1 Å². The van der Waals surface area contributed by atoms with E-state index in [0.717, 1.165) is 40.2 Å². The van der Waals surface area contributed by atoms with Gasteiger partial charge in [-0.05, 0) is 48.8 Å². The Balaban J connectivity index is 1.76. The number of methoxy groups -OCH3 is 1. The molecule has 0 aliphatic heterocycles. The number of rotatable bonds is 5. The standard InChI is InChI=1S/C19H20N2O4S2/c1-25-19(24)21-17(23)16-13-4-3-5-14(13)27-18(16)20-15(22)10-11-6-8-12(26-2)9-7-11/h6-9H,3-5,10H2,1-2H3,(H,20,22)(H,21,23,24). The number of aryl methyl sites for hydroxylation is 1. The van der Waals surface area contributed by atoms with Gasteiger partial charge in [-0.1, -0.05) is 12.1 Å². The second kappa shape index (κ2) is 8.58. The van der Waals surface area contributed by atoms with Crippen LogP contribution in [0.3, 0.4) is 0 Å². The molecule has 2 N–H and O–H groups in total. The van der Waals surface area contributed by atoms with Crippen molar-refractivity contribution in [3.63, 3.8) is 0 Å². The Labute approximate surface area is 165 Å². The minimum absolute atomic E-state index is 0.195. The van der Waals surface area contributed by atoms with E-state index < -0.39 is 12.0 Å². The molecule has 0 saturated heterocycles. The Bertz CT molecular complexity index is 875. The highest BCUT2D eigenvalue weighted by Crippen LogP contribution is 2.39. The first-order valence-electron chi connectivity index (χ1n) is 8.48. The Hall–Kier alpha value is -2.32. The summed E-state index contributed by atoms with van der Waals surface area (Å²) in [6, 6.07) is 7.79. The van der Waals surface area contributed by atoms with Crippen LogP contribution in [0.1, 0.15) is 32.8 Å². The number of ether oxygens (including phenoxy) is 1. The highest BCUT2D eigenvalue weighted by molar-refractivity contribution is 7.98. The molecule has 2 aromatic rings. The molecule has 0 fully saturated rings. The number of thiophene rings is 1. The van der Waals surface area contributed by atoms with E-state index in [0.29, 0.717) is 10.6 Å². The summed E-state index contributed by atoms with van der Waals surface area (Å²) in [5, 5.41) is 5.53. The summed E-state index contributed by atoms with van der Waals surface area (Å²) in [6.45, 7) is 0. The van der Waals surface area contributed by atoms with Crippen molar-refractivity contribution in [2.75, 3.05) is 18.7 Å². The van der Waals surface area contributed by atoms with Crippen molar-refractivity contribution in [3.8, 4) is 0 Å². The summed E-state index contributed by atoms with van der Waals surface area (Å²) >= 11 is 3.05. The van der Waals surface area contributed by atoms with Crippen molar-refractivity contribution in [1.29, 1.82) is 0 Å². The first-order valence-corrected chi connectivity index (χ1v) is 10.5. The van der Waals surface area contributed by atoms with Crippen molar-refractivity contribution in [2.24, 2.45) is 0 Å². The Morgan fingerprint density at radius 2 is 1.93 bits per heavy atom. The van der Waals surface area contributed by atoms with Gasteiger partial charge >= 0.3 is 6.09 Å². The lowest BCUT2D eigenvalue weighted by molar-refractivity contribution is -0.115. The molecule has 0 atom stereocenters. The van der Waals surface area contributed by atoms with Gasteiger partial charge in [0, 0.05) is 9.77 Å². The molecular weight excluding hydrogens is 384 g/mol. The fourth-order valence-corrected chi connectivity index (χ4v) is 4.75. The number of carbonyl (C=O) groups excluding carboxylic acids is 3. The van der Waals surface area contributed by atoms with E-state index in [1.165, 1.54) is 18.4 Å². The minimum atomic E-state index is -0.816. The van der Waals surface area contributed by atoms with E-state index in [1.54, 1.807) is 11.8 Å². The van der Waals surface area contributed by atoms with Gasteiger partial charge in [-0.2, -0.15) is 0 Å². The highest BCUT2D eigenvalue weighted by Gasteiger charge is 2.28. The lowest BCUT2D eigenvalue weighted by Gasteiger charge is -2.09. The van der Waals surface area contributed by atoms with Gasteiger partial charge in [0.2, 0.25) is 5.91 Å². The maximum absolute atomic E-state index is 12.5. The number of benzene rings is 1.